The first-order chi connectivity index (χ1) is 9.72. The third-order valence-corrected chi connectivity index (χ3v) is 3.19. The average Bonchev–Trinajstić information content (AvgIpc) is 2.46. The van der Waals surface area contributed by atoms with Gasteiger partial charge in [0.15, 0.2) is 0 Å². The number of rotatable bonds is 10. The minimum absolute atomic E-state index is 0.124. The van der Waals surface area contributed by atoms with Crippen LogP contribution < -0.4 is 5.32 Å². The summed E-state index contributed by atoms with van der Waals surface area (Å²) in [7, 11) is 0. The summed E-state index contributed by atoms with van der Waals surface area (Å²) in [6.45, 7) is 6.49. The van der Waals surface area contributed by atoms with E-state index in [0.29, 0.717) is 13.0 Å². The smallest absolute Gasteiger partial charge is 0.220 e. The predicted octanol–water partition coefficient (Wildman–Crippen LogP) is 3.25. The molecule has 1 N–H and O–H groups in total. The fourth-order valence-electron chi connectivity index (χ4n) is 1.85. The Kier molecular flexibility index (Phi) is 8.72. The van der Waals surface area contributed by atoms with Gasteiger partial charge in [0.2, 0.25) is 5.91 Å². The van der Waals surface area contributed by atoms with Crippen LogP contribution in [0, 0.1) is 6.92 Å². The molecule has 0 unspecified atom stereocenters. The molecule has 0 fully saturated rings. The molecule has 20 heavy (non-hydrogen) atoms. The lowest BCUT2D eigenvalue weighted by Crippen LogP contribution is -2.25. The lowest BCUT2D eigenvalue weighted by atomic mass is 10.1. The van der Waals surface area contributed by atoms with Crippen LogP contribution in [0.5, 0.6) is 0 Å². The van der Waals surface area contributed by atoms with Crippen molar-refractivity contribution in [3.05, 3.63) is 35.4 Å². The number of benzene rings is 1. The number of unbranched alkanes of at least 4 members (excludes halogenated alkanes) is 1. The second-order valence-electron chi connectivity index (χ2n) is 5.16. The Bertz CT molecular complexity index is 373. The van der Waals surface area contributed by atoms with E-state index in [1.807, 2.05) is 0 Å². The second kappa shape index (κ2) is 10.4. The number of hydrogen-bond donors (Lipinski definition) is 1. The summed E-state index contributed by atoms with van der Waals surface area (Å²) < 4.78 is 5.45. The molecule has 112 valence electrons. The van der Waals surface area contributed by atoms with Gasteiger partial charge < -0.3 is 10.1 Å². The fourth-order valence-corrected chi connectivity index (χ4v) is 1.85. The molecule has 0 bridgehead atoms. The van der Waals surface area contributed by atoms with Crippen molar-refractivity contribution < 1.29 is 9.53 Å². The lowest BCUT2D eigenvalue weighted by Gasteiger charge is -2.06. The molecular formula is C17H27NO2. The van der Waals surface area contributed by atoms with Gasteiger partial charge in [0.25, 0.3) is 0 Å². The van der Waals surface area contributed by atoms with E-state index < -0.39 is 0 Å². The van der Waals surface area contributed by atoms with Gasteiger partial charge in [-0.05, 0) is 31.7 Å². The first-order valence-electron chi connectivity index (χ1n) is 7.62. The summed E-state index contributed by atoms with van der Waals surface area (Å²) >= 11 is 0. The Morgan fingerprint density at radius 2 is 1.85 bits per heavy atom. The van der Waals surface area contributed by atoms with Gasteiger partial charge in [-0.25, -0.2) is 0 Å². The molecule has 1 aromatic carbocycles. The highest BCUT2D eigenvalue weighted by Gasteiger charge is 2.01. The maximum absolute atomic E-state index is 11.7. The number of carbonyl (C=O) groups is 1. The number of aryl methyl sites for hydroxylation is 2. The van der Waals surface area contributed by atoms with Gasteiger partial charge in [-0.15, -0.1) is 0 Å². The number of nitrogens with one attached hydrogen (secondary N) is 1. The van der Waals surface area contributed by atoms with Crippen molar-refractivity contribution in [2.75, 3.05) is 19.8 Å². The normalized spacial score (nSPS) is 10.5. The van der Waals surface area contributed by atoms with Crippen molar-refractivity contribution in [3.8, 4) is 0 Å². The Morgan fingerprint density at radius 3 is 2.55 bits per heavy atom. The zero-order valence-corrected chi connectivity index (χ0v) is 12.8. The van der Waals surface area contributed by atoms with Crippen LogP contribution >= 0.6 is 0 Å². The topological polar surface area (TPSA) is 38.3 Å². The van der Waals surface area contributed by atoms with E-state index in [-0.39, 0.29) is 5.91 Å². The lowest BCUT2D eigenvalue weighted by molar-refractivity contribution is -0.121. The van der Waals surface area contributed by atoms with Crippen molar-refractivity contribution in [3.63, 3.8) is 0 Å². The van der Waals surface area contributed by atoms with Crippen molar-refractivity contribution in [1.29, 1.82) is 0 Å². The summed E-state index contributed by atoms with van der Waals surface area (Å²) in [6.07, 6.45) is 4.53. The molecule has 1 rings (SSSR count). The summed E-state index contributed by atoms with van der Waals surface area (Å²) in [6, 6.07) is 8.34. The van der Waals surface area contributed by atoms with E-state index in [4.69, 9.17) is 4.74 Å². The van der Waals surface area contributed by atoms with Crippen molar-refractivity contribution >= 4 is 5.91 Å². The molecule has 0 spiro atoms. The van der Waals surface area contributed by atoms with Crippen LogP contribution in [0.15, 0.2) is 24.3 Å². The van der Waals surface area contributed by atoms with Crippen LogP contribution in [0.1, 0.15) is 43.7 Å². The number of ether oxygens (including phenoxy) is 1. The zero-order valence-electron chi connectivity index (χ0n) is 12.8. The Balaban J connectivity index is 2.01. The van der Waals surface area contributed by atoms with Crippen LogP contribution in [0.3, 0.4) is 0 Å². The summed E-state index contributed by atoms with van der Waals surface area (Å²) in [4.78, 5) is 11.7. The average molecular weight is 277 g/mol. The number of hydrogen-bond acceptors (Lipinski definition) is 2. The molecule has 0 aliphatic heterocycles. The van der Waals surface area contributed by atoms with Crippen molar-refractivity contribution in [1.82, 2.24) is 5.32 Å². The largest absolute Gasteiger partial charge is 0.381 e. The van der Waals surface area contributed by atoms with E-state index in [1.54, 1.807) is 0 Å². The molecule has 0 aliphatic carbocycles. The molecule has 3 nitrogen and oxygen atoms in total. The Labute approximate surface area is 122 Å². The minimum Gasteiger partial charge on any atom is -0.381 e. The first kappa shape index (κ1) is 16.7. The van der Waals surface area contributed by atoms with Gasteiger partial charge in [-0.3, -0.25) is 4.79 Å². The van der Waals surface area contributed by atoms with Gasteiger partial charge in [0.05, 0.1) is 0 Å². The maximum atomic E-state index is 11.7. The van der Waals surface area contributed by atoms with E-state index in [2.05, 4.69) is 43.4 Å². The van der Waals surface area contributed by atoms with E-state index >= 15 is 0 Å². The molecular weight excluding hydrogens is 250 g/mol. The molecule has 0 atom stereocenters. The molecule has 1 aromatic rings. The van der Waals surface area contributed by atoms with Gasteiger partial charge >= 0.3 is 0 Å². The highest BCUT2D eigenvalue weighted by molar-refractivity contribution is 5.76. The quantitative estimate of drug-likeness (QED) is 0.667. The Morgan fingerprint density at radius 1 is 1.15 bits per heavy atom. The molecule has 3 heteroatoms. The summed E-state index contributed by atoms with van der Waals surface area (Å²) in [5.74, 6) is 0.124. The molecule has 0 heterocycles. The standard InChI is InChI=1S/C17H27NO2/c1-3-4-13-20-14-5-12-18-17(19)11-10-16-8-6-15(2)7-9-16/h6-9H,3-5,10-14H2,1-2H3,(H,18,19). The monoisotopic (exact) mass is 277 g/mol. The summed E-state index contributed by atoms with van der Waals surface area (Å²) in [5.41, 5.74) is 2.47. The van der Waals surface area contributed by atoms with E-state index in [9.17, 15) is 4.79 Å². The van der Waals surface area contributed by atoms with Gasteiger partial charge in [-0.1, -0.05) is 43.2 Å². The van der Waals surface area contributed by atoms with Crippen LogP contribution in [0.2, 0.25) is 0 Å². The summed E-state index contributed by atoms with van der Waals surface area (Å²) in [5, 5.41) is 2.94. The van der Waals surface area contributed by atoms with E-state index in [1.165, 1.54) is 11.1 Å². The SMILES string of the molecule is CCCCOCCCNC(=O)CCc1ccc(C)cc1. The molecule has 0 aromatic heterocycles. The van der Waals surface area contributed by atoms with Gasteiger partial charge in [0.1, 0.15) is 0 Å². The minimum atomic E-state index is 0.124. The molecule has 0 saturated heterocycles. The molecule has 0 radical (unpaired) electrons. The molecule has 1 amide bonds. The second-order valence-corrected chi connectivity index (χ2v) is 5.16. The number of carbonyl (C=O) groups excluding carboxylic acids is 1. The molecule has 0 saturated carbocycles. The highest BCUT2D eigenvalue weighted by Crippen LogP contribution is 2.05. The van der Waals surface area contributed by atoms with Gasteiger partial charge in [0, 0.05) is 26.2 Å². The highest BCUT2D eigenvalue weighted by atomic mass is 16.5. The fraction of sp³-hybridized carbons (Fsp3) is 0.588. The van der Waals surface area contributed by atoms with Crippen LogP contribution in [-0.4, -0.2) is 25.7 Å². The van der Waals surface area contributed by atoms with Crippen LogP contribution in [0.25, 0.3) is 0 Å². The molecule has 0 aliphatic rings. The predicted molar refractivity (Wildman–Crippen MR) is 82.9 cm³/mol. The third-order valence-electron chi connectivity index (χ3n) is 3.19. The number of amides is 1. The van der Waals surface area contributed by atoms with Crippen molar-refractivity contribution in [2.45, 2.75) is 46.0 Å². The Hall–Kier alpha value is -1.35. The van der Waals surface area contributed by atoms with E-state index in [0.717, 1.165) is 38.9 Å². The maximum Gasteiger partial charge on any atom is 0.220 e. The van der Waals surface area contributed by atoms with Crippen LogP contribution in [0.4, 0.5) is 0 Å². The first-order valence-corrected chi connectivity index (χ1v) is 7.62. The third kappa shape index (κ3) is 7.95. The van der Waals surface area contributed by atoms with Crippen LogP contribution in [-0.2, 0) is 16.0 Å². The van der Waals surface area contributed by atoms with Crippen molar-refractivity contribution in [2.24, 2.45) is 0 Å². The van der Waals surface area contributed by atoms with Gasteiger partial charge in [-0.2, -0.15) is 0 Å². The zero-order chi connectivity index (χ0) is 14.6.